The molecule has 1 aromatic heterocycles. The molecular weight excluding hydrogens is 1010 g/mol. The van der Waals surface area contributed by atoms with Crippen LogP contribution < -0.4 is 15.5 Å². The first kappa shape index (κ1) is 60.0. The highest BCUT2D eigenvalue weighted by atomic mass is 16.6. The van der Waals surface area contributed by atoms with Crippen molar-refractivity contribution in [3.8, 4) is 11.1 Å². The first-order valence-electron chi connectivity index (χ1n) is 27.8. The lowest BCUT2D eigenvalue weighted by molar-refractivity contribution is -0.136. The van der Waals surface area contributed by atoms with E-state index in [-0.39, 0.29) is 48.2 Å². The SMILES string of the molecule is CC1=CC(C)=C(CCC(=O)c2cc(-c3ccc(N4CCN(CCC(=O)CCCOCCOCCOCCOCCOCCCc5cccc6c5C(=O)N(C5CCC(=O)NC5=O)C6=O)CC4)nc3)cc(NC(C)C)c2C=N)C(=O)C1. The first-order chi connectivity index (χ1) is 38.2. The molecule has 3 N–H and O–H groups in total. The summed E-state index contributed by atoms with van der Waals surface area (Å²) in [4.78, 5) is 100.0. The maximum atomic E-state index is 13.8. The summed E-state index contributed by atoms with van der Waals surface area (Å²) >= 11 is 0. The van der Waals surface area contributed by atoms with Crippen LogP contribution in [-0.4, -0.2) is 173 Å². The summed E-state index contributed by atoms with van der Waals surface area (Å²) in [5.41, 5.74) is 7.31. The molecule has 7 rings (SSSR count). The number of pyridine rings is 1. The van der Waals surface area contributed by atoms with Gasteiger partial charge in [-0.1, -0.05) is 23.8 Å². The largest absolute Gasteiger partial charge is 0.382 e. The maximum absolute atomic E-state index is 13.8. The Labute approximate surface area is 463 Å². The van der Waals surface area contributed by atoms with Crippen LogP contribution in [0.3, 0.4) is 0 Å². The van der Waals surface area contributed by atoms with Gasteiger partial charge in [0.15, 0.2) is 11.6 Å². The second kappa shape index (κ2) is 30.1. The highest BCUT2D eigenvalue weighted by Crippen LogP contribution is 2.33. The van der Waals surface area contributed by atoms with Gasteiger partial charge in [0.25, 0.3) is 11.8 Å². The Kier molecular flexibility index (Phi) is 22.9. The zero-order chi connectivity index (χ0) is 56.3. The number of hydrogen-bond donors (Lipinski definition) is 3. The minimum atomic E-state index is -0.997. The highest BCUT2D eigenvalue weighted by molar-refractivity contribution is 6.24. The topological polar surface area (TPSA) is 236 Å². The van der Waals surface area contributed by atoms with E-state index in [1.165, 1.54) is 6.21 Å². The van der Waals surface area contributed by atoms with E-state index in [1.807, 2.05) is 64.2 Å². The van der Waals surface area contributed by atoms with Gasteiger partial charge >= 0.3 is 0 Å². The maximum Gasteiger partial charge on any atom is 0.262 e. The molecule has 0 bridgehead atoms. The molecule has 1 aliphatic carbocycles. The van der Waals surface area contributed by atoms with Gasteiger partial charge in [0.05, 0.1) is 64.0 Å². The van der Waals surface area contributed by atoms with Crippen LogP contribution in [0.4, 0.5) is 11.5 Å². The Morgan fingerprint density at radius 1 is 0.785 bits per heavy atom. The number of piperazine rings is 1. The molecule has 0 radical (unpaired) electrons. The van der Waals surface area contributed by atoms with E-state index in [1.54, 1.807) is 18.2 Å². The predicted molar refractivity (Wildman–Crippen MR) is 299 cm³/mol. The van der Waals surface area contributed by atoms with Crippen molar-refractivity contribution in [2.75, 3.05) is 109 Å². The van der Waals surface area contributed by atoms with Crippen molar-refractivity contribution in [2.24, 2.45) is 0 Å². The van der Waals surface area contributed by atoms with Crippen LogP contribution in [0.1, 0.15) is 128 Å². The number of nitrogens with zero attached hydrogens (tertiary/aromatic N) is 4. The number of fused-ring (bicyclic) bond motifs is 1. The Balaban J connectivity index is 0.682. The summed E-state index contributed by atoms with van der Waals surface area (Å²) in [5, 5.41) is 13.9. The van der Waals surface area contributed by atoms with Gasteiger partial charge in [-0.25, -0.2) is 4.98 Å². The predicted octanol–water partition coefficient (Wildman–Crippen LogP) is 6.74. The van der Waals surface area contributed by atoms with Crippen molar-refractivity contribution in [1.82, 2.24) is 20.1 Å². The molecule has 4 amide bonds. The van der Waals surface area contributed by atoms with Crippen LogP contribution >= 0.6 is 0 Å². The fraction of sp³-hybridized carbons (Fsp3) is 0.517. The molecule has 4 aliphatic rings. The Bertz CT molecular complexity index is 2750. The van der Waals surface area contributed by atoms with E-state index >= 15 is 0 Å². The molecule has 2 fully saturated rings. The minimum Gasteiger partial charge on any atom is -0.382 e. The van der Waals surface area contributed by atoms with E-state index in [4.69, 9.17) is 34.1 Å². The van der Waals surface area contributed by atoms with Crippen molar-refractivity contribution in [3.63, 3.8) is 0 Å². The highest BCUT2D eigenvalue weighted by Gasteiger charge is 2.45. The number of anilines is 2. The average Bonchev–Trinajstić information content (AvgIpc) is 4.00. The molecule has 2 saturated heterocycles. The normalized spacial score (nSPS) is 16.9. The number of carbonyl (C=O) groups excluding carboxylic acids is 7. The fourth-order valence-electron chi connectivity index (χ4n) is 10.3. The quantitative estimate of drug-likeness (QED) is 0.0248. The Morgan fingerprint density at radius 3 is 2.08 bits per heavy atom. The average molecular weight is 1090 g/mol. The number of amides is 4. The molecule has 4 heterocycles. The number of hydrogen-bond acceptors (Lipinski definition) is 17. The number of allylic oxidation sites excluding steroid dienone is 4. The third kappa shape index (κ3) is 17.0. The van der Waals surface area contributed by atoms with Crippen LogP contribution in [0.2, 0.25) is 0 Å². The minimum absolute atomic E-state index is 0.0705. The molecule has 0 spiro atoms. The molecule has 19 nitrogen and oxygen atoms in total. The van der Waals surface area contributed by atoms with Gasteiger partial charge in [0.1, 0.15) is 17.6 Å². The molecule has 19 heteroatoms. The number of imide groups is 2. The zero-order valence-corrected chi connectivity index (χ0v) is 46.3. The van der Waals surface area contributed by atoms with Crippen molar-refractivity contribution in [3.05, 3.63) is 99.3 Å². The smallest absolute Gasteiger partial charge is 0.262 e. The zero-order valence-electron chi connectivity index (χ0n) is 46.3. The van der Waals surface area contributed by atoms with E-state index in [2.05, 4.69) is 20.4 Å². The summed E-state index contributed by atoms with van der Waals surface area (Å²) in [6.45, 7) is 16.1. The van der Waals surface area contributed by atoms with Gasteiger partial charge in [-0.15, -0.1) is 0 Å². The van der Waals surface area contributed by atoms with E-state index < -0.39 is 29.7 Å². The fourth-order valence-corrected chi connectivity index (χ4v) is 10.3. The summed E-state index contributed by atoms with van der Waals surface area (Å²) < 4.78 is 28.1. The number of aryl methyl sites for hydroxylation is 1. The van der Waals surface area contributed by atoms with Gasteiger partial charge in [0.2, 0.25) is 11.8 Å². The third-order valence-electron chi connectivity index (χ3n) is 14.4. The van der Waals surface area contributed by atoms with Crippen LogP contribution in [0, 0.1) is 5.41 Å². The molecule has 1 atom stereocenters. The molecule has 424 valence electrons. The lowest BCUT2D eigenvalue weighted by Gasteiger charge is -2.35. The lowest BCUT2D eigenvalue weighted by atomic mass is 9.88. The van der Waals surface area contributed by atoms with Crippen LogP contribution in [0.25, 0.3) is 11.1 Å². The van der Waals surface area contributed by atoms with E-state index in [0.717, 1.165) is 64.7 Å². The summed E-state index contributed by atoms with van der Waals surface area (Å²) in [6.07, 6.45) is 8.95. The monoisotopic (exact) mass is 1090 g/mol. The van der Waals surface area contributed by atoms with Gasteiger partial charge in [-0.05, 0) is 112 Å². The molecule has 3 aliphatic heterocycles. The number of aromatic nitrogens is 1. The first-order valence-corrected chi connectivity index (χ1v) is 27.8. The number of ketones is 3. The van der Waals surface area contributed by atoms with Gasteiger partial charge < -0.3 is 39.3 Å². The molecular formula is C60H77N7O12. The second-order valence-electron chi connectivity index (χ2n) is 20.7. The Morgan fingerprint density at radius 2 is 1.46 bits per heavy atom. The van der Waals surface area contributed by atoms with E-state index in [0.29, 0.717) is 146 Å². The molecule has 0 saturated carbocycles. The molecule has 79 heavy (non-hydrogen) atoms. The van der Waals surface area contributed by atoms with Crippen molar-refractivity contribution >= 4 is 58.7 Å². The summed E-state index contributed by atoms with van der Waals surface area (Å²) in [7, 11) is 0. The number of Topliss-reactive ketones (excluding diaryl/α,β-unsaturated/α-hetero) is 3. The second-order valence-corrected chi connectivity index (χ2v) is 20.7. The number of piperidine rings is 1. The summed E-state index contributed by atoms with van der Waals surface area (Å²) in [6, 6.07) is 12.0. The van der Waals surface area contributed by atoms with Crippen LogP contribution in [0.5, 0.6) is 0 Å². The number of carbonyl (C=O) groups is 7. The molecule has 3 aromatic rings. The number of ether oxygens (including phenoxy) is 5. The van der Waals surface area contributed by atoms with Crippen LogP contribution in [0.15, 0.2) is 71.5 Å². The van der Waals surface area contributed by atoms with Gasteiger partial charge in [0, 0.05) is 119 Å². The Hall–Kier alpha value is -6.61. The van der Waals surface area contributed by atoms with Crippen molar-refractivity contribution < 1.29 is 57.2 Å². The molecule has 1 unspecified atom stereocenters. The summed E-state index contributed by atoms with van der Waals surface area (Å²) in [5.74, 6) is -1.02. The van der Waals surface area contributed by atoms with Crippen molar-refractivity contribution in [2.45, 2.75) is 104 Å². The number of rotatable bonds is 33. The lowest BCUT2D eigenvalue weighted by Crippen LogP contribution is -2.54. The van der Waals surface area contributed by atoms with Crippen molar-refractivity contribution in [1.29, 1.82) is 5.41 Å². The number of nitrogens with one attached hydrogen (secondary N) is 3. The van der Waals surface area contributed by atoms with E-state index in [9.17, 15) is 33.6 Å². The standard InChI is InChI=1S/C60H77N7O12/c1-40(2)63-51-37-45(36-49(50(51)38-61)53(69)15-13-47-42(4)34-41(3)35-54(47)70)44-12-16-55(62-39-44)66-22-20-65(21-23-66)19-18-46(68)10-7-25-76-27-29-78-31-33-79-32-30-77-28-26-75-24-6-9-43-8-5-11-48-57(43)60(74)67(59(48)73)52-14-17-56(71)64-58(52)72/h5,8,11-12,16,34,36-40,52,61,63H,6-7,9-10,13-15,17-33,35H2,1-4H3,(H,64,71,72). The van der Waals surface area contributed by atoms with Crippen LogP contribution in [-0.2, 0) is 49.3 Å². The van der Waals surface area contributed by atoms with Gasteiger partial charge in [-0.3, -0.25) is 48.7 Å². The third-order valence-corrected chi connectivity index (χ3v) is 14.4. The van der Waals surface area contributed by atoms with Gasteiger partial charge in [-0.2, -0.15) is 0 Å². The number of benzene rings is 2. The molecule has 2 aromatic carbocycles.